The molecule has 1 N–H and O–H groups in total. The Morgan fingerprint density at radius 3 is 3.00 bits per heavy atom. The molecule has 0 radical (unpaired) electrons. The van der Waals surface area contributed by atoms with Gasteiger partial charge in [0.2, 0.25) is 5.91 Å². The Balaban J connectivity index is 1.63. The molecule has 1 aromatic rings. The average Bonchev–Trinajstić information content (AvgIpc) is 2.98. The molecule has 0 saturated carbocycles. The second-order valence-corrected chi connectivity index (χ2v) is 6.59. The highest BCUT2D eigenvalue weighted by molar-refractivity contribution is 7.10. The van der Waals surface area contributed by atoms with Crippen LogP contribution in [-0.2, 0) is 11.3 Å². The number of nitrogens with one attached hydrogen (secondary N) is 1. The van der Waals surface area contributed by atoms with E-state index in [1.807, 2.05) is 6.08 Å². The van der Waals surface area contributed by atoms with Crippen molar-refractivity contribution in [1.29, 1.82) is 0 Å². The van der Waals surface area contributed by atoms with Crippen LogP contribution in [0.2, 0.25) is 0 Å². The summed E-state index contributed by atoms with van der Waals surface area (Å²) in [6, 6.07) is 2.14. The maximum atomic E-state index is 10.9. The molecule has 1 aromatic heterocycles. The molecule has 2 rings (SSSR count). The molecule has 0 aliphatic carbocycles. The maximum Gasteiger partial charge on any atom is 0.238 e. The molecule has 4 nitrogen and oxygen atoms in total. The van der Waals surface area contributed by atoms with Crippen LogP contribution in [0.4, 0.5) is 0 Å². The van der Waals surface area contributed by atoms with E-state index in [0.717, 1.165) is 18.7 Å². The number of carbonyl (C=O) groups excluding carboxylic acids is 1. The minimum absolute atomic E-state index is 0.0183. The van der Waals surface area contributed by atoms with E-state index in [0.29, 0.717) is 6.61 Å². The minimum atomic E-state index is -0.195. The predicted octanol–water partition coefficient (Wildman–Crippen LogP) is 3.37. The molecule has 22 heavy (non-hydrogen) atoms. The molecule has 2 heterocycles. The molecule has 0 spiro atoms. The fourth-order valence-corrected chi connectivity index (χ4v) is 3.30. The minimum Gasteiger partial charge on any atom is -0.492 e. The van der Waals surface area contributed by atoms with E-state index < -0.39 is 0 Å². The molecule has 1 aliphatic heterocycles. The van der Waals surface area contributed by atoms with Crippen molar-refractivity contribution in [3.8, 4) is 5.75 Å². The number of amides is 1. The van der Waals surface area contributed by atoms with Gasteiger partial charge in [0.05, 0.1) is 6.61 Å². The first-order valence-corrected chi connectivity index (χ1v) is 9.12. The van der Waals surface area contributed by atoms with Crippen molar-refractivity contribution in [1.82, 2.24) is 10.2 Å². The summed E-state index contributed by atoms with van der Waals surface area (Å²) in [6.45, 7) is 4.07. The van der Waals surface area contributed by atoms with Gasteiger partial charge in [-0.15, -0.1) is 22.9 Å². The van der Waals surface area contributed by atoms with Crippen LogP contribution in [0.15, 0.2) is 23.7 Å². The van der Waals surface area contributed by atoms with Gasteiger partial charge < -0.3 is 10.1 Å². The van der Waals surface area contributed by atoms with Crippen LogP contribution in [0, 0.1) is 0 Å². The van der Waals surface area contributed by atoms with Crippen LogP contribution >= 0.6 is 22.9 Å². The molecular weight excluding hydrogens is 320 g/mol. The van der Waals surface area contributed by atoms with Crippen molar-refractivity contribution in [2.75, 3.05) is 25.6 Å². The highest BCUT2D eigenvalue weighted by Gasteiger charge is 2.11. The standard InChI is InChI=1S/C16H23ClN2O2S/c17-11-16(20)18-6-2-5-9-21-14-10-15(22-13-14)12-19-7-3-1-4-8-19/h2,6,10,13H,1,3-5,7-9,11-12H2,(H,18,20)/b6-2-. The van der Waals surface area contributed by atoms with Gasteiger partial charge in [-0.05, 0) is 38.2 Å². The molecule has 0 bridgehead atoms. The predicted molar refractivity (Wildman–Crippen MR) is 91.6 cm³/mol. The molecule has 1 aliphatic rings. The summed E-state index contributed by atoms with van der Waals surface area (Å²) in [7, 11) is 0. The van der Waals surface area contributed by atoms with Gasteiger partial charge in [-0.3, -0.25) is 9.69 Å². The number of likely N-dealkylation sites (tertiary alicyclic amines) is 1. The third-order valence-electron chi connectivity index (χ3n) is 3.49. The smallest absolute Gasteiger partial charge is 0.238 e. The van der Waals surface area contributed by atoms with Gasteiger partial charge in [-0.1, -0.05) is 12.5 Å². The molecule has 1 saturated heterocycles. The van der Waals surface area contributed by atoms with Crippen molar-refractivity contribution in [2.45, 2.75) is 32.2 Å². The van der Waals surface area contributed by atoms with E-state index in [1.54, 1.807) is 17.5 Å². The lowest BCUT2D eigenvalue weighted by Crippen LogP contribution is -2.28. The van der Waals surface area contributed by atoms with Gasteiger partial charge in [0.1, 0.15) is 11.6 Å². The van der Waals surface area contributed by atoms with Crippen LogP contribution in [0.25, 0.3) is 0 Å². The summed E-state index contributed by atoms with van der Waals surface area (Å²) >= 11 is 7.13. The van der Waals surface area contributed by atoms with Crippen molar-refractivity contribution >= 4 is 28.8 Å². The topological polar surface area (TPSA) is 41.6 Å². The van der Waals surface area contributed by atoms with E-state index in [1.165, 1.54) is 37.2 Å². The summed E-state index contributed by atoms with van der Waals surface area (Å²) in [6.07, 6.45) is 8.24. The number of halogens is 1. The molecule has 1 fully saturated rings. The number of piperidine rings is 1. The van der Waals surface area contributed by atoms with Crippen LogP contribution in [0.3, 0.4) is 0 Å². The number of rotatable bonds is 8. The van der Waals surface area contributed by atoms with Gasteiger partial charge >= 0.3 is 0 Å². The maximum absolute atomic E-state index is 10.9. The van der Waals surface area contributed by atoms with Gasteiger partial charge in [0.25, 0.3) is 0 Å². The van der Waals surface area contributed by atoms with Gasteiger partial charge in [-0.25, -0.2) is 0 Å². The molecule has 0 aromatic carbocycles. The van der Waals surface area contributed by atoms with Crippen LogP contribution < -0.4 is 10.1 Å². The zero-order valence-electron chi connectivity index (χ0n) is 12.7. The zero-order chi connectivity index (χ0) is 15.6. The molecule has 6 heteroatoms. The summed E-state index contributed by atoms with van der Waals surface area (Å²) < 4.78 is 5.71. The fourth-order valence-electron chi connectivity index (χ4n) is 2.38. The second kappa shape index (κ2) is 9.87. The second-order valence-electron chi connectivity index (χ2n) is 5.33. The van der Waals surface area contributed by atoms with Crippen LogP contribution in [0.5, 0.6) is 5.75 Å². The van der Waals surface area contributed by atoms with E-state index in [-0.39, 0.29) is 11.8 Å². The van der Waals surface area contributed by atoms with Crippen molar-refractivity contribution in [3.05, 3.63) is 28.6 Å². The molecule has 0 atom stereocenters. The Labute approximate surface area is 141 Å². The van der Waals surface area contributed by atoms with Gasteiger partial charge in [0.15, 0.2) is 0 Å². The monoisotopic (exact) mass is 342 g/mol. The van der Waals surface area contributed by atoms with Gasteiger partial charge in [-0.2, -0.15) is 0 Å². The van der Waals surface area contributed by atoms with Crippen molar-refractivity contribution < 1.29 is 9.53 Å². The number of carbonyl (C=O) groups is 1. The number of hydrogen-bond donors (Lipinski definition) is 1. The Kier molecular flexibility index (Phi) is 7.77. The highest BCUT2D eigenvalue weighted by Crippen LogP contribution is 2.24. The van der Waals surface area contributed by atoms with E-state index >= 15 is 0 Å². The summed E-state index contributed by atoms with van der Waals surface area (Å²) in [5.41, 5.74) is 0. The number of ether oxygens (including phenoxy) is 1. The number of alkyl halides is 1. The Hall–Kier alpha value is -1.04. The number of hydrogen-bond acceptors (Lipinski definition) is 4. The van der Waals surface area contributed by atoms with E-state index in [9.17, 15) is 4.79 Å². The lowest BCUT2D eigenvalue weighted by Gasteiger charge is -2.25. The highest BCUT2D eigenvalue weighted by atomic mass is 35.5. The largest absolute Gasteiger partial charge is 0.492 e. The Bertz CT molecular complexity index is 484. The third kappa shape index (κ3) is 6.38. The molecule has 0 unspecified atom stereocenters. The lowest BCUT2D eigenvalue weighted by molar-refractivity contribution is -0.117. The van der Waals surface area contributed by atoms with E-state index in [4.69, 9.17) is 16.3 Å². The summed E-state index contributed by atoms with van der Waals surface area (Å²) in [5.74, 6) is 0.726. The first kappa shape index (κ1) is 17.3. The van der Waals surface area contributed by atoms with Crippen molar-refractivity contribution in [2.24, 2.45) is 0 Å². The zero-order valence-corrected chi connectivity index (χ0v) is 14.3. The quantitative estimate of drug-likeness (QED) is 0.581. The normalized spacial score (nSPS) is 16.0. The van der Waals surface area contributed by atoms with Crippen LogP contribution in [0.1, 0.15) is 30.6 Å². The fraction of sp³-hybridized carbons (Fsp3) is 0.562. The average molecular weight is 343 g/mol. The Morgan fingerprint density at radius 1 is 1.41 bits per heavy atom. The van der Waals surface area contributed by atoms with Gasteiger partial charge in [0, 0.05) is 23.2 Å². The lowest BCUT2D eigenvalue weighted by atomic mass is 10.1. The molecule has 122 valence electrons. The third-order valence-corrected chi connectivity index (χ3v) is 4.64. The first-order valence-electron chi connectivity index (χ1n) is 7.71. The Morgan fingerprint density at radius 2 is 2.23 bits per heavy atom. The molecular formula is C16H23ClN2O2S. The first-order chi connectivity index (χ1) is 10.8. The summed E-state index contributed by atoms with van der Waals surface area (Å²) in [4.78, 5) is 14.8. The number of thiophene rings is 1. The number of nitrogens with zero attached hydrogens (tertiary/aromatic N) is 1. The van der Waals surface area contributed by atoms with Crippen molar-refractivity contribution in [3.63, 3.8) is 0 Å². The SMILES string of the molecule is O=C(CCl)N/C=C\CCOc1csc(CN2CCCCC2)c1. The molecule has 1 amide bonds. The summed E-state index contributed by atoms with van der Waals surface area (Å²) in [5, 5.41) is 4.64. The van der Waals surface area contributed by atoms with E-state index in [2.05, 4.69) is 21.7 Å². The van der Waals surface area contributed by atoms with Crippen LogP contribution in [-0.4, -0.2) is 36.4 Å².